The molecule has 0 aliphatic carbocycles. The average Bonchev–Trinajstić information content (AvgIpc) is 3.32. The van der Waals surface area contributed by atoms with Crippen LogP contribution in [-0.4, -0.2) is 39.1 Å². The number of ether oxygens (including phenoxy) is 1. The van der Waals surface area contributed by atoms with Crippen LogP contribution in [0, 0.1) is 0 Å². The van der Waals surface area contributed by atoms with Crippen molar-refractivity contribution in [3.63, 3.8) is 0 Å². The minimum Gasteiger partial charge on any atom is -0.496 e. The third-order valence-electron chi connectivity index (χ3n) is 5.06. The lowest BCUT2D eigenvalue weighted by molar-refractivity contribution is -0.132. The van der Waals surface area contributed by atoms with Crippen molar-refractivity contribution in [1.29, 1.82) is 0 Å². The zero-order valence-corrected chi connectivity index (χ0v) is 16.7. The number of aryl methyl sites for hydroxylation is 1. The fourth-order valence-electron chi connectivity index (χ4n) is 3.68. The van der Waals surface area contributed by atoms with Gasteiger partial charge in [-0.1, -0.05) is 12.1 Å². The molecule has 140 valence electrons. The van der Waals surface area contributed by atoms with E-state index in [-0.39, 0.29) is 11.9 Å². The van der Waals surface area contributed by atoms with Crippen LogP contribution >= 0.6 is 15.9 Å². The summed E-state index contributed by atoms with van der Waals surface area (Å²) in [6.07, 6.45) is 5.06. The summed E-state index contributed by atoms with van der Waals surface area (Å²) >= 11 is 3.50. The first-order valence-corrected chi connectivity index (χ1v) is 9.88. The second kappa shape index (κ2) is 7.68. The first-order valence-electron chi connectivity index (χ1n) is 9.09. The molecule has 1 aliphatic heterocycles. The molecule has 4 rings (SSSR count). The molecule has 1 amide bonds. The zero-order valence-electron chi connectivity index (χ0n) is 15.1. The van der Waals surface area contributed by atoms with Crippen molar-refractivity contribution in [1.82, 2.24) is 19.5 Å². The van der Waals surface area contributed by atoms with Crippen LogP contribution in [0.3, 0.4) is 0 Å². The van der Waals surface area contributed by atoms with Gasteiger partial charge in [0.2, 0.25) is 5.91 Å². The number of carbonyl (C=O) groups is 1. The van der Waals surface area contributed by atoms with E-state index in [1.165, 1.54) is 0 Å². The van der Waals surface area contributed by atoms with Crippen molar-refractivity contribution >= 4 is 27.5 Å². The summed E-state index contributed by atoms with van der Waals surface area (Å²) in [5, 5.41) is 8.59. The van der Waals surface area contributed by atoms with E-state index in [0.717, 1.165) is 46.6 Å². The monoisotopic (exact) mass is 428 g/mol. The number of likely N-dealkylation sites (tertiary alicyclic amines) is 1. The lowest BCUT2D eigenvalue weighted by atomic mass is 10.1. The molecule has 1 aliphatic rings. The second-order valence-electron chi connectivity index (χ2n) is 6.70. The number of hydrogen-bond donors (Lipinski definition) is 0. The van der Waals surface area contributed by atoms with Crippen LogP contribution in [0.1, 0.15) is 36.7 Å². The van der Waals surface area contributed by atoms with Gasteiger partial charge >= 0.3 is 0 Å². The molecule has 3 heterocycles. The molecule has 1 fully saturated rings. The Bertz CT molecular complexity index is 972. The molecular weight excluding hydrogens is 408 g/mol. The molecule has 0 radical (unpaired) electrons. The third-order valence-corrected chi connectivity index (χ3v) is 5.67. The first kappa shape index (κ1) is 18.0. The van der Waals surface area contributed by atoms with Crippen LogP contribution < -0.4 is 4.74 Å². The molecule has 3 aromatic rings. The van der Waals surface area contributed by atoms with Gasteiger partial charge in [0.15, 0.2) is 11.5 Å². The van der Waals surface area contributed by atoms with Gasteiger partial charge in [-0.05, 0) is 65.0 Å². The van der Waals surface area contributed by atoms with E-state index in [4.69, 9.17) is 4.74 Å². The Labute approximate surface area is 166 Å². The summed E-state index contributed by atoms with van der Waals surface area (Å²) in [4.78, 5) is 14.9. The SMILES string of the molecule is COc1ccc(CCC(=O)N2CCC[C@@H]2c2nnc3ccccn23)cc1Br. The second-order valence-corrected chi connectivity index (χ2v) is 7.56. The highest BCUT2D eigenvalue weighted by Crippen LogP contribution is 2.32. The Hall–Kier alpha value is -2.41. The van der Waals surface area contributed by atoms with Gasteiger partial charge in [0.1, 0.15) is 5.75 Å². The number of carbonyl (C=O) groups excluding carboxylic acids is 1. The molecule has 0 spiro atoms. The van der Waals surface area contributed by atoms with Crippen LogP contribution in [-0.2, 0) is 11.2 Å². The van der Waals surface area contributed by atoms with Crippen LogP contribution in [0.15, 0.2) is 47.1 Å². The smallest absolute Gasteiger partial charge is 0.223 e. The van der Waals surface area contributed by atoms with E-state index in [1.54, 1.807) is 7.11 Å². The molecule has 2 aromatic heterocycles. The standard InChI is InChI=1S/C20H21BrN4O2/c1-27-17-9-7-14(13-15(17)21)8-10-19(26)24-12-4-5-16(24)20-23-22-18-6-2-3-11-25(18)20/h2-3,6-7,9,11,13,16H,4-5,8,10,12H2,1H3/t16-/m1/s1. The van der Waals surface area contributed by atoms with E-state index in [2.05, 4.69) is 26.1 Å². The number of nitrogens with zero attached hydrogens (tertiary/aromatic N) is 4. The Morgan fingerprint density at radius 3 is 3.00 bits per heavy atom. The molecule has 27 heavy (non-hydrogen) atoms. The molecule has 7 heteroatoms. The van der Waals surface area contributed by atoms with E-state index < -0.39 is 0 Å². The summed E-state index contributed by atoms with van der Waals surface area (Å²) in [6.45, 7) is 0.775. The highest BCUT2D eigenvalue weighted by atomic mass is 79.9. The lowest BCUT2D eigenvalue weighted by Crippen LogP contribution is -2.31. The summed E-state index contributed by atoms with van der Waals surface area (Å²) in [7, 11) is 1.64. The minimum absolute atomic E-state index is 0.00231. The van der Waals surface area contributed by atoms with Crippen LogP contribution in [0.5, 0.6) is 5.75 Å². The normalized spacial score (nSPS) is 16.8. The van der Waals surface area contributed by atoms with E-state index >= 15 is 0 Å². The maximum atomic E-state index is 12.9. The van der Waals surface area contributed by atoms with Gasteiger partial charge in [-0.25, -0.2) is 0 Å². The Morgan fingerprint density at radius 2 is 2.19 bits per heavy atom. The molecule has 1 saturated heterocycles. The zero-order chi connectivity index (χ0) is 18.8. The maximum absolute atomic E-state index is 12.9. The summed E-state index contributed by atoms with van der Waals surface area (Å²) in [5.74, 6) is 1.81. The number of amides is 1. The third kappa shape index (κ3) is 3.56. The Morgan fingerprint density at radius 1 is 1.30 bits per heavy atom. The van der Waals surface area contributed by atoms with E-state index in [9.17, 15) is 4.79 Å². The molecule has 0 N–H and O–H groups in total. The van der Waals surface area contributed by atoms with Crippen molar-refractivity contribution in [3.8, 4) is 5.75 Å². The van der Waals surface area contributed by atoms with Gasteiger partial charge in [0.25, 0.3) is 0 Å². The number of fused-ring (bicyclic) bond motifs is 1. The molecule has 0 saturated carbocycles. The summed E-state index contributed by atoms with van der Waals surface area (Å²) in [6, 6.07) is 11.8. The van der Waals surface area contributed by atoms with Crippen LogP contribution in [0.4, 0.5) is 0 Å². The molecule has 0 unspecified atom stereocenters. The van der Waals surface area contributed by atoms with Crippen molar-refractivity contribution in [2.24, 2.45) is 0 Å². The average molecular weight is 429 g/mol. The van der Waals surface area contributed by atoms with Crippen molar-refractivity contribution in [3.05, 3.63) is 58.5 Å². The van der Waals surface area contributed by atoms with Gasteiger partial charge in [0, 0.05) is 19.2 Å². The van der Waals surface area contributed by atoms with Gasteiger partial charge in [-0.3, -0.25) is 9.20 Å². The number of halogens is 1. The molecular formula is C20H21BrN4O2. The predicted octanol–water partition coefficient (Wildman–Crippen LogP) is 3.80. The fourth-order valence-corrected chi connectivity index (χ4v) is 4.27. The van der Waals surface area contributed by atoms with Crippen LogP contribution in [0.25, 0.3) is 5.65 Å². The number of aromatic nitrogens is 3. The molecule has 1 aromatic carbocycles. The highest BCUT2D eigenvalue weighted by Gasteiger charge is 2.32. The predicted molar refractivity (Wildman–Crippen MR) is 106 cm³/mol. The highest BCUT2D eigenvalue weighted by molar-refractivity contribution is 9.10. The number of rotatable bonds is 5. The van der Waals surface area contributed by atoms with Crippen molar-refractivity contribution in [2.75, 3.05) is 13.7 Å². The van der Waals surface area contributed by atoms with Gasteiger partial charge in [-0.15, -0.1) is 10.2 Å². The molecule has 0 bridgehead atoms. The largest absolute Gasteiger partial charge is 0.496 e. The summed E-state index contributed by atoms with van der Waals surface area (Å²) < 4.78 is 8.15. The number of methoxy groups -OCH3 is 1. The Balaban J connectivity index is 1.47. The van der Waals surface area contributed by atoms with Gasteiger partial charge in [-0.2, -0.15) is 0 Å². The van der Waals surface area contributed by atoms with Crippen molar-refractivity contribution < 1.29 is 9.53 Å². The molecule has 6 nitrogen and oxygen atoms in total. The quantitative estimate of drug-likeness (QED) is 0.619. The molecule has 1 atom stereocenters. The number of benzene rings is 1. The lowest BCUT2D eigenvalue weighted by Gasteiger charge is -2.23. The number of hydrogen-bond acceptors (Lipinski definition) is 4. The van der Waals surface area contributed by atoms with Crippen LogP contribution in [0.2, 0.25) is 0 Å². The topological polar surface area (TPSA) is 59.7 Å². The number of pyridine rings is 1. The summed E-state index contributed by atoms with van der Waals surface area (Å²) in [5.41, 5.74) is 1.93. The fraction of sp³-hybridized carbons (Fsp3) is 0.350. The maximum Gasteiger partial charge on any atom is 0.223 e. The first-order chi connectivity index (χ1) is 13.2. The van der Waals surface area contributed by atoms with Crippen molar-refractivity contribution in [2.45, 2.75) is 31.7 Å². The Kier molecular flexibility index (Phi) is 5.11. The minimum atomic E-state index is -0.00231. The van der Waals surface area contributed by atoms with E-state index in [0.29, 0.717) is 12.8 Å². The van der Waals surface area contributed by atoms with Gasteiger partial charge in [0.05, 0.1) is 17.6 Å². The van der Waals surface area contributed by atoms with Gasteiger partial charge < -0.3 is 9.64 Å². The van der Waals surface area contributed by atoms with E-state index in [1.807, 2.05) is 51.9 Å².